The summed E-state index contributed by atoms with van der Waals surface area (Å²) in [6.45, 7) is 7.73. The van der Waals surface area contributed by atoms with Gasteiger partial charge in [0.05, 0.1) is 6.42 Å². The second kappa shape index (κ2) is 52.9. The summed E-state index contributed by atoms with van der Waals surface area (Å²) in [6.07, 6.45) is 59.1. The third-order valence-corrected chi connectivity index (χ3v) is 14.2. The third kappa shape index (κ3) is 44.4. The van der Waals surface area contributed by atoms with Crippen molar-refractivity contribution >= 4 is 17.9 Å². The first kappa shape index (κ1) is 68.5. The summed E-state index contributed by atoms with van der Waals surface area (Å²) in [4.78, 5) is 41.6. The van der Waals surface area contributed by atoms with Gasteiger partial charge in [0.1, 0.15) is 18.8 Å². The van der Waals surface area contributed by atoms with E-state index < -0.39 is 24.6 Å². The summed E-state index contributed by atoms with van der Waals surface area (Å²) in [7, 11) is 3.83. The van der Waals surface area contributed by atoms with E-state index in [2.05, 4.69) is 57.2 Å². The number of esters is 3. The number of allylic oxidation sites excluding steroid dienone is 6. The number of unbranched alkanes of at least 4 members (excludes halogenated alkanes) is 34. The summed E-state index contributed by atoms with van der Waals surface area (Å²) in [5.41, 5.74) is 0. The minimum absolute atomic E-state index is 0.0745. The molecule has 1 aliphatic rings. The van der Waals surface area contributed by atoms with Crippen LogP contribution in [0.3, 0.4) is 0 Å². The highest BCUT2D eigenvalue weighted by Gasteiger charge is 2.50. The fraction of sp³-hybridized carbons (Fsp3) is 0.859. The van der Waals surface area contributed by atoms with Crippen LogP contribution in [0.5, 0.6) is 0 Å². The zero-order valence-electron chi connectivity index (χ0n) is 48.5. The van der Waals surface area contributed by atoms with Gasteiger partial charge in [-0.3, -0.25) is 14.4 Å². The smallest absolute Gasteiger partial charge is 0.308 e. The second-order valence-electron chi connectivity index (χ2n) is 21.7. The molecule has 0 spiro atoms. The molecule has 0 amide bonds. The molecule has 0 saturated carbocycles. The predicted octanol–water partition coefficient (Wildman–Crippen LogP) is 18.2. The van der Waals surface area contributed by atoms with Gasteiger partial charge in [-0.25, -0.2) is 0 Å². The lowest BCUT2D eigenvalue weighted by molar-refractivity contribution is -0.200. The molecule has 0 N–H and O–H groups in total. The largest absolute Gasteiger partial charge is 0.463 e. The van der Waals surface area contributed by atoms with Crippen molar-refractivity contribution in [2.75, 3.05) is 33.9 Å². The van der Waals surface area contributed by atoms with Crippen molar-refractivity contribution < 1.29 is 38.1 Å². The number of rotatable bonds is 54. The Balaban J connectivity index is 2.74. The molecule has 1 saturated heterocycles. The van der Waals surface area contributed by atoms with Crippen LogP contribution in [0.25, 0.3) is 0 Å². The van der Waals surface area contributed by atoms with Gasteiger partial charge in [-0.2, -0.15) is 0 Å². The van der Waals surface area contributed by atoms with E-state index in [9.17, 15) is 14.4 Å². The summed E-state index contributed by atoms with van der Waals surface area (Å²) in [6, 6.07) is 0. The third-order valence-electron chi connectivity index (χ3n) is 14.2. The Hall–Kier alpha value is -2.49. The zero-order valence-corrected chi connectivity index (χ0v) is 48.5. The highest BCUT2D eigenvalue weighted by atomic mass is 16.7. The van der Waals surface area contributed by atoms with Crippen LogP contribution in [0.4, 0.5) is 0 Å². The van der Waals surface area contributed by atoms with Crippen molar-refractivity contribution in [1.82, 2.24) is 4.90 Å². The molecule has 1 rings (SSSR count). The van der Waals surface area contributed by atoms with Crippen LogP contribution in [0.2, 0.25) is 0 Å². The molecule has 0 aliphatic carbocycles. The van der Waals surface area contributed by atoms with Crippen LogP contribution in [0.15, 0.2) is 36.5 Å². The first-order valence-electron chi connectivity index (χ1n) is 31.2. The molecule has 1 aliphatic heterocycles. The molecule has 0 aromatic rings. The number of nitrogens with zero attached hydrogens (tertiary/aromatic N) is 1. The maximum absolute atomic E-state index is 13.5. The Morgan fingerprint density at radius 1 is 0.397 bits per heavy atom. The first-order chi connectivity index (χ1) is 35.8. The molecule has 1 unspecified atom stereocenters. The maximum atomic E-state index is 13.5. The molecule has 73 heavy (non-hydrogen) atoms. The van der Waals surface area contributed by atoms with E-state index in [0.717, 1.165) is 103 Å². The van der Waals surface area contributed by atoms with Gasteiger partial charge in [-0.15, -0.1) is 0 Å². The molecule has 9 heteroatoms. The van der Waals surface area contributed by atoms with Gasteiger partial charge < -0.3 is 28.6 Å². The van der Waals surface area contributed by atoms with E-state index in [0.29, 0.717) is 13.2 Å². The van der Waals surface area contributed by atoms with E-state index in [1.165, 1.54) is 154 Å². The number of ether oxygens (including phenoxy) is 5. The predicted molar refractivity (Wildman–Crippen MR) is 307 cm³/mol. The topological polar surface area (TPSA) is 101 Å². The van der Waals surface area contributed by atoms with Gasteiger partial charge in [0, 0.05) is 26.0 Å². The molecule has 426 valence electrons. The van der Waals surface area contributed by atoms with Gasteiger partial charge in [-0.05, 0) is 110 Å². The molecule has 0 radical (unpaired) electrons. The Labute approximate surface area is 450 Å². The van der Waals surface area contributed by atoms with Crippen molar-refractivity contribution in [3.05, 3.63) is 36.5 Å². The normalized spacial score (nSPS) is 17.0. The van der Waals surface area contributed by atoms with E-state index in [-0.39, 0.29) is 43.8 Å². The van der Waals surface area contributed by atoms with Crippen molar-refractivity contribution in [1.29, 1.82) is 0 Å². The summed E-state index contributed by atoms with van der Waals surface area (Å²) in [5, 5.41) is 0. The average molecular weight is 1030 g/mol. The van der Waals surface area contributed by atoms with Crippen LogP contribution < -0.4 is 0 Å². The van der Waals surface area contributed by atoms with Crippen LogP contribution in [0.1, 0.15) is 297 Å². The Bertz CT molecular complexity index is 1330. The highest BCUT2D eigenvalue weighted by molar-refractivity contribution is 5.71. The van der Waals surface area contributed by atoms with Gasteiger partial charge in [0.25, 0.3) is 0 Å². The SMILES string of the molecule is CCCCCCCC/C=C\CCCCCCCCOC1[C@@H](COC(=O)CCN(C)C)O[C@@H](OC(=O)CCCCCCC/C=C\CCCCCCCC)[C@H]1OC(=O)CCCCCCC/C=C\CCCCCCCC. The standard InChI is InChI=1S/C64H117NO8/c1-6-9-12-15-18-21-24-27-30-33-36-39-42-45-48-51-56-69-62-58(57-70-59(66)54-55-65(4)5)71-64(73-61(68)53-50-47-44-41-38-35-32-29-26-23-20-17-14-11-8-3)63(62)72-60(67)52-49-46-43-40-37-34-31-28-25-22-19-16-13-10-7-2/h27-32,58,62-64H,6-26,33-57H2,1-5H3/b30-27-,31-28-,32-29-/t58-,62?,63+,64+/m1/s1. The van der Waals surface area contributed by atoms with E-state index in [4.69, 9.17) is 23.7 Å². The second-order valence-corrected chi connectivity index (χ2v) is 21.7. The minimum atomic E-state index is -1.14. The fourth-order valence-corrected chi connectivity index (χ4v) is 9.46. The quantitative estimate of drug-likeness (QED) is 0.0255. The molecular formula is C64H117NO8. The summed E-state index contributed by atoms with van der Waals surface area (Å²) >= 11 is 0. The molecular weight excluding hydrogens is 911 g/mol. The van der Waals surface area contributed by atoms with Crippen molar-refractivity contribution in [3.63, 3.8) is 0 Å². The number of carbonyl (C=O) groups is 3. The molecule has 1 heterocycles. The molecule has 4 atom stereocenters. The molecule has 1 fully saturated rings. The Morgan fingerprint density at radius 2 is 0.740 bits per heavy atom. The molecule has 0 bridgehead atoms. The Morgan fingerprint density at radius 3 is 1.12 bits per heavy atom. The number of hydrogen-bond acceptors (Lipinski definition) is 9. The van der Waals surface area contributed by atoms with E-state index in [1.54, 1.807) is 0 Å². The lowest BCUT2D eigenvalue weighted by Gasteiger charge is -2.24. The fourth-order valence-electron chi connectivity index (χ4n) is 9.46. The summed E-state index contributed by atoms with van der Waals surface area (Å²) < 4.78 is 30.7. The lowest BCUT2D eigenvalue weighted by Crippen LogP contribution is -2.42. The van der Waals surface area contributed by atoms with Crippen LogP contribution in [0, 0.1) is 0 Å². The van der Waals surface area contributed by atoms with Gasteiger partial charge in [-0.1, -0.05) is 218 Å². The average Bonchev–Trinajstić information content (AvgIpc) is 3.69. The molecule has 9 nitrogen and oxygen atoms in total. The van der Waals surface area contributed by atoms with E-state index >= 15 is 0 Å². The van der Waals surface area contributed by atoms with Crippen molar-refractivity contribution in [2.24, 2.45) is 0 Å². The minimum Gasteiger partial charge on any atom is -0.463 e. The van der Waals surface area contributed by atoms with Crippen LogP contribution >= 0.6 is 0 Å². The van der Waals surface area contributed by atoms with Crippen LogP contribution in [-0.4, -0.2) is 81.3 Å². The van der Waals surface area contributed by atoms with Crippen molar-refractivity contribution in [3.8, 4) is 0 Å². The number of hydrogen-bond donors (Lipinski definition) is 0. The monoisotopic (exact) mass is 1030 g/mol. The molecule has 0 aromatic heterocycles. The lowest BCUT2D eigenvalue weighted by atomic mass is 10.1. The van der Waals surface area contributed by atoms with Crippen molar-refractivity contribution in [2.45, 2.75) is 321 Å². The van der Waals surface area contributed by atoms with Gasteiger partial charge in [0.2, 0.25) is 6.29 Å². The zero-order chi connectivity index (χ0) is 52.9. The maximum Gasteiger partial charge on any atom is 0.308 e. The highest BCUT2D eigenvalue weighted by Crippen LogP contribution is 2.30. The van der Waals surface area contributed by atoms with Gasteiger partial charge in [0.15, 0.2) is 6.10 Å². The van der Waals surface area contributed by atoms with E-state index in [1.807, 2.05) is 19.0 Å². The molecule has 0 aromatic carbocycles. The Kier molecular flexibility index (Phi) is 49.7. The first-order valence-corrected chi connectivity index (χ1v) is 31.2. The van der Waals surface area contributed by atoms with Gasteiger partial charge >= 0.3 is 17.9 Å². The number of carbonyl (C=O) groups excluding carboxylic acids is 3. The van der Waals surface area contributed by atoms with Crippen LogP contribution in [-0.2, 0) is 38.1 Å². The summed E-state index contributed by atoms with van der Waals surface area (Å²) in [5.74, 6) is -1.07.